The molecule has 0 spiro atoms. The van der Waals surface area contributed by atoms with Gasteiger partial charge in [0.2, 0.25) is 0 Å². The number of fused-ring (bicyclic) bond motifs is 1. The number of carbonyl (C=O) groups excluding carboxylic acids is 2. The van der Waals surface area contributed by atoms with Crippen LogP contribution in [0.15, 0.2) is 48.8 Å². The third-order valence-electron chi connectivity index (χ3n) is 4.68. The van der Waals surface area contributed by atoms with Crippen molar-refractivity contribution in [2.45, 2.75) is 32.6 Å². The second-order valence-corrected chi connectivity index (χ2v) is 6.76. The molecule has 146 valence electrons. The van der Waals surface area contributed by atoms with Gasteiger partial charge in [0.1, 0.15) is 5.69 Å². The van der Waals surface area contributed by atoms with Gasteiger partial charge >= 0.3 is 0 Å². The normalized spacial score (nSPS) is 10.8. The van der Waals surface area contributed by atoms with Gasteiger partial charge in [0.25, 0.3) is 11.8 Å². The van der Waals surface area contributed by atoms with E-state index in [-0.39, 0.29) is 17.5 Å². The predicted octanol–water partition coefficient (Wildman–Crippen LogP) is 3.46. The lowest BCUT2D eigenvalue weighted by Gasteiger charge is -2.07. The maximum Gasteiger partial charge on any atom is 0.269 e. The molecule has 0 bridgehead atoms. The summed E-state index contributed by atoms with van der Waals surface area (Å²) in [6, 6.07) is 11.3. The number of nitrogens with one attached hydrogen (secondary N) is 3. The topological polar surface area (TPSA) is 86.9 Å². The Morgan fingerprint density at radius 3 is 2.71 bits per heavy atom. The lowest BCUT2D eigenvalue weighted by molar-refractivity contribution is 0.0948. The molecule has 0 aliphatic heterocycles. The van der Waals surface area contributed by atoms with Crippen molar-refractivity contribution in [3.63, 3.8) is 0 Å². The zero-order valence-electron chi connectivity index (χ0n) is 16.1. The van der Waals surface area contributed by atoms with Gasteiger partial charge < -0.3 is 15.6 Å². The molecule has 6 nitrogen and oxygen atoms in total. The highest BCUT2D eigenvalue weighted by molar-refractivity contribution is 5.98. The molecule has 0 aliphatic rings. The Morgan fingerprint density at radius 1 is 1.04 bits per heavy atom. The van der Waals surface area contributed by atoms with E-state index in [1.54, 1.807) is 6.07 Å². The van der Waals surface area contributed by atoms with E-state index in [2.05, 4.69) is 33.6 Å². The monoisotopic (exact) mass is 378 g/mol. The highest BCUT2D eigenvalue weighted by Gasteiger charge is 2.12. The first-order valence-corrected chi connectivity index (χ1v) is 9.76. The van der Waals surface area contributed by atoms with E-state index in [1.807, 2.05) is 24.4 Å². The van der Waals surface area contributed by atoms with Gasteiger partial charge in [0, 0.05) is 41.9 Å². The number of rotatable bonds is 9. The number of pyridine rings is 1. The van der Waals surface area contributed by atoms with Gasteiger partial charge in [0.15, 0.2) is 0 Å². The van der Waals surface area contributed by atoms with Crippen LogP contribution in [0.2, 0.25) is 0 Å². The number of amides is 2. The molecule has 1 aromatic carbocycles. The average Bonchev–Trinajstić information content (AvgIpc) is 3.14. The fourth-order valence-electron chi connectivity index (χ4n) is 3.11. The molecular weight excluding hydrogens is 352 g/mol. The van der Waals surface area contributed by atoms with Crippen LogP contribution in [0.1, 0.15) is 52.6 Å². The summed E-state index contributed by atoms with van der Waals surface area (Å²) in [6.07, 6.45) is 7.32. The molecular formula is C22H26N4O2. The number of nitrogens with zero attached hydrogens (tertiary/aromatic N) is 1. The van der Waals surface area contributed by atoms with E-state index < -0.39 is 0 Å². The number of aromatic nitrogens is 2. The Bertz CT molecular complexity index is 948. The van der Waals surface area contributed by atoms with Gasteiger partial charge in [-0.25, -0.2) is 0 Å². The minimum atomic E-state index is -0.246. The predicted molar refractivity (Wildman–Crippen MR) is 110 cm³/mol. The number of hydrogen-bond donors (Lipinski definition) is 3. The molecule has 3 N–H and O–H groups in total. The van der Waals surface area contributed by atoms with Crippen molar-refractivity contribution in [1.82, 2.24) is 20.6 Å². The Kier molecular flexibility index (Phi) is 6.78. The van der Waals surface area contributed by atoms with Gasteiger partial charge in [-0.1, -0.05) is 38.0 Å². The van der Waals surface area contributed by atoms with E-state index >= 15 is 0 Å². The van der Waals surface area contributed by atoms with E-state index in [9.17, 15) is 9.59 Å². The number of carbonyl (C=O) groups is 2. The summed E-state index contributed by atoms with van der Waals surface area (Å²) in [4.78, 5) is 31.9. The average molecular weight is 378 g/mol. The van der Waals surface area contributed by atoms with Gasteiger partial charge in [-0.3, -0.25) is 14.6 Å². The summed E-state index contributed by atoms with van der Waals surface area (Å²) in [7, 11) is 0. The molecule has 0 radical (unpaired) electrons. The van der Waals surface area contributed by atoms with Crippen LogP contribution in [0.5, 0.6) is 0 Å². The summed E-state index contributed by atoms with van der Waals surface area (Å²) in [5, 5.41) is 6.93. The SMILES string of the molecule is CCCCCNC(=O)c1cc(C(=O)NCCc2c[nH]c3ccccc23)ccn1. The summed E-state index contributed by atoms with van der Waals surface area (Å²) in [5.41, 5.74) is 2.96. The smallest absolute Gasteiger partial charge is 0.269 e. The molecule has 0 saturated carbocycles. The van der Waals surface area contributed by atoms with Gasteiger partial charge in [0.05, 0.1) is 0 Å². The largest absolute Gasteiger partial charge is 0.361 e. The van der Waals surface area contributed by atoms with Crippen LogP contribution in [0.25, 0.3) is 10.9 Å². The van der Waals surface area contributed by atoms with Crippen molar-refractivity contribution in [1.29, 1.82) is 0 Å². The van der Waals surface area contributed by atoms with Crippen LogP contribution in [-0.4, -0.2) is 34.9 Å². The van der Waals surface area contributed by atoms with Crippen LogP contribution in [0, 0.1) is 0 Å². The quantitative estimate of drug-likeness (QED) is 0.498. The lowest BCUT2D eigenvalue weighted by atomic mass is 10.1. The van der Waals surface area contributed by atoms with E-state index in [4.69, 9.17) is 0 Å². The molecule has 0 saturated heterocycles. The Morgan fingerprint density at radius 2 is 1.86 bits per heavy atom. The molecule has 2 heterocycles. The van der Waals surface area contributed by atoms with Crippen molar-refractivity contribution in [3.8, 4) is 0 Å². The first-order chi connectivity index (χ1) is 13.7. The van der Waals surface area contributed by atoms with E-state index in [0.29, 0.717) is 18.7 Å². The number of benzene rings is 1. The van der Waals surface area contributed by atoms with Gasteiger partial charge in [-0.05, 0) is 36.6 Å². The highest BCUT2D eigenvalue weighted by Crippen LogP contribution is 2.17. The fraction of sp³-hybridized carbons (Fsp3) is 0.318. The molecule has 2 aromatic heterocycles. The second kappa shape index (κ2) is 9.69. The molecule has 28 heavy (non-hydrogen) atoms. The minimum Gasteiger partial charge on any atom is -0.361 e. The molecule has 3 rings (SSSR count). The van der Waals surface area contributed by atoms with Crippen molar-refractivity contribution < 1.29 is 9.59 Å². The minimum absolute atomic E-state index is 0.206. The third kappa shape index (κ3) is 4.97. The van der Waals surface area contributed by atoms with Crippen LogP contribution >= 0.6 is 0 Å². The van der Waals surface area contributed by atoms with Crippen LogP contribution in [0.3, 0.4) is 0 Å². The first kappa shape index (κ1) is 19.6. The van der Waals surface area contributed by atoms with Gasteiger partial charge in [-0.2, -0.15) is 0 Å². The summed E-state index contributed by atoms with van der Waals surface area (Å²) < 4.78 is 0. The highest BCUT2D eigenvalue weighted by atomic mass is 16.2. The van der Waals surface area contributed by atoms with Crippen molar-refractivity contribution in [2.75, 3.05) is 13.1 Å². The summed E-state index contributed by atoms with van der Waals surface area (Å²) in [6.45, 7) is 3.25. The van der Waals surface area contributed by atoms with E-state index in [0.717, 1.165) is 36.8 Å². The van der Waals surface area contributed by atoms with Gasteiger partial charge in [-0.15, -0.1) is 0 Å². The zero-order valence-corrected chi connectivity index (χ0v) is 16.1. The molecule has 6 heteroatoms. The fourth-order valence-corrected chi connectivity index (χ4v) is 3.11. The van der Waals surface area contributed by atoms with Crippen LogP contribution in [0.4, 0.5) is 0 Å². The van der Waals surface area contributed by atoms with Crippen molar-refractivity contribution >= 4 is 22.7 Å². The Balaban J connectivity index is 1.53. The second-order valence-electron chi connectivity index (χ2n) is 6.76. The summed E-state index contributed by atoms with van der Waals surface area (Å²) in [5.74, 6) is -0.452. The number of hydrogen-bond acceptors (Lipinski definition) is 3. The molecule has 0 fully saturated rings. The molecule has 0 atom stereocenters. The van der Waals surface area contributed by atoms with Crippen LogP contribution in [-0.2, 0) is 6.42 Å². The molecule has 0 aliphatic carbocycles. The van der Waals surface area contributed by atoms with Crippen LogP contribution < -0.4 is 10.6 Å². The Labute approximate surface area is 164 Å². The number of H-pyrrole nitrogens is 1. The molecule has 3 aromatic rings. The van der Waals surface area contributed by atoms with E-state index in [1.165, 1.54) is 17.6 Å². The molecule has 0 unspecified atom stereocenters. The lowest BCUT2D eigenvalue weighted by Crippen LogP contribution is -2.28. The van der Waals surface area contributed by atoms with Crippen molar-refractivity contribution in [2.24, 2.45) is 0 Å². The third-order valence-corrected chi connectivity index (χ3v) is 4.68. The Hall–Kier alpha value is -3.15. The molecule has 2 amide bonds. The number of aromatic amines is 1. The number of unbranched alkanes of at least 4 members (excludes halogenated alkanes) is 2. The number of para-hydroxylation sites is 1. The maximum absolute atomic E-state index is 12.4. The zero-order chi connectivity index (χ0) is 19.8. The van der Waals surface area contributed by atoms with Crippen molar-refractivity contribution in [3.05, 3.63) is 65.6 Å². The first-order valence-electron chi connectivity index (χ1n) is 9.76. The summed E-state index contributed by atoms with van der Waals surface area (Å²) >= 11 is 0. The maximum atomic E-state index is 12.4. The standard InChI is InChI=1S/C22H26N4O2/c1-2-3-6-11-24-22(28)20-14-16(9-12-23-20)21(27)25-13-10-17-15-26-19-8-5-4-7-18(17)19/h4-5,7-9,12,14-15,26H,2-3,6,10-11,13H2,1H3,(H,24,28)(H,25,27).